The number of aromatic nitrogens is 1. The van der Waals surface area contributed by atoms with Gasteiger partial charge in [-0.25, -0.2) is 0 Å². The summed E-state index contributed by atoms with van der Waals surface area (Å²) in [5.74, 6) is 1.03. The first-order chi connectivity index (χ1) is 8.56. The van der Waals surface area contributed by atoms with Crippen LogP contribution in [0.5, 0.6) is 11.5 Å². The molecule has 0 saturated heterocycles. The van der Waals surface area contributed by atoms with E-state index in [4.69, 9.17) is 15.2 Å². The molecule has 0 fully saturated rings. The molecule has 0 aliphatic carbocycles. The topological polar surface area (TPSA) is 66.5 Å². The number of benzene rings is 1. The van der Waals surface area contributed by atoms with Gasteiger partial charge in [-0.2, -0.15) is 0 Å². The van der Waals surface area contributed by atoms with Crippen molar-refractivity contribution in [1.29, 1.82) is 0 Å². The highest BCUT2D eigenvalue weighted by Gasteiger charge is 2.15. The van der Waals surface area contributed by atoms with Crippen molar-refractivity contribution < 1.29 is 14.3 Å². The highest BCUT2D eigenvalue weighted by atomic mass is 16.5. The van der Waals surface area contributed by atoms with Gasteiger partial charge in [0.15, 0.2) is 0 Å². The Hall–Kier alpha value is -2.17. The maximum absolute atomic E-state index is 11.1. The van der Waals surface area contributed by atoms with Crippen LogP contribution in [0.25, 0.3) is 10.9 Å². The van der Waals surface area contributed by atoms with Gasteiger partial charge < -0.3 is 19.8 Å². The summed E-state index contributed by atoms with van der Waals surface area (Å²) in [6.07, 6.45) is 2.08. The molecule has 2 rings (SSSR count). The lowest BCUT2D eigenvalue weighted by Crippen LogP contribution is -2.13. The summed E-state index contributed by atoms with van der Waals surface area (Å²) in [4.78, 5) is 11.1. The largest absolute Gasteiger partial charge is 0.497 e. The van der Waals surface area contributed by atoms with Crippen LogP contribution in [0.4, 0.5) is 0 Å². The van der Waals surface area contributed by atoms with Crippen molar-refractivity contribution in [2.24, 2.45) is 12.8 Å². The van der Waals surface area contributed by atoms with Crippen molar-refractivity contribution in [1.82, 2.24) is 4.57 Å². The summed E-state index contributed by atoms with van der Waals surface area (Å²) in [6.45, 7) is 0. The molecular weight excluding hydrogens is 232 g/mol. The zero-order valence-electron chi connectivity index (χ0n) is 10.7. The zero-order chi connectivity index (χ0) is 13.3. The molecule has 1 aromatic heterocycles. The molecule has 2 N–H and O–H groups in total. The Labute approximate surface area is 105 Å². The molecule has 0 aliphatic rings. The van der Waals surface area contributed by atoms with E-state index in [2.05, 4.69) is 0 Å². The summed E-state index contributed by atoms with van der Waals surface area (Å²) in [7, 11) is 5.11. The highest BCUT2D eigenvalue weighted by Crippen LogP contribution is 2.34. The number of hydrogen-bond acceptors (Lipinski definition) is 3. The number of amides is 1. The second-order valence-electron chi connectivity index (χ2n) is 4.13. The van der Waals surface area contributed by atoms with E-state index in [0.29, 0.717) is 11.5 Å². The SMILES string of the molecule is COc1cc(OC)c2c(CC(N)=O)cn(C)c2c1. The fourth-order valence-corrected chi connectivity index (χ4v) is 2.15. The normalized spacial score (nSPS) is 10.6. The number of nitrogens with zero attached hydrogens (tertiary/aromatic N) is 1. The van der Waals surface area contributed by atoms with Gasteiger partial charge in [-0.15, -0.1) is 0 Å². The van der Waals surface area contributed by atoms with E-state index in [0.717, 1.165) is 16.5 Å². The Morgan fingerprint density at radius 3 is 2.61 bits per heavy atom. The first-order valence-corrected chi connectivity index (χ1v) is 5.55. The maximum atomic E-state index is 11.1. The average molecular weight is 248 g/mol. The van der Waals surface area contributed by atoms with Gasteiger partial charge in [-0.05, 0) is 5.56 Å². The number of aryl methyl sites for hydroxylation is 1. The van der Waals surface area contributed by atoms with Crippen molar-refractivity contribution in [2.45, 2.75) is 6.42 Å². The van der Waals surface area contributed by atoms with E-state index in [9.17, 15) is 4.79 Å². The molecule has 0 spiro atoms. The van der Waals surface area contributed by atoms with Crippen molar-refractivity contribution >= 4 is 16.8 Å². The highest BCUT2D eigenvalue weighted by molar-refractivity contribution is 5.94. The number of methoxy groups -OCH3 is 2. The summed E-state index contributed by atoms with van der Waals surface area (Å²) in [5, 5.41) is 0.902. The molecule has 1 amide bonds. The lowest BCUT2D eigenvalue weighted by Gasteiger charge is -2.08. The minimum atomic E-state index is -0.361. The standard InChI is InChI=1S/C13H16N2O3/c1-15-7-8(4-12(14)16)13-10(15)5-9(17-2)6-11(13)18-3/h5-7H,4H2,1-3H3,(H2,14,16). The Morgan fingerprint density at radius 1 is 1.33 bits per heavy atom. The van der Waals surface area contributed by atoms with Crippen LogP contribution in [0.15, 0.2) is 18.3 Å². The first kappa shape index (κ1) is 12.3. The lowest BCUT2D eigenvalue weighted by atomic mass is 10.1. The number of ether oxygens (including phenoxy) is 2. The summed E-state index contributed by atoms with van der Waals surface area (Å²) >= 11 is 0. The molecule has 1 aromatic carbocycles. The molecule has 1 heterocycles. The van der Waals surface area contributed by atoms with Crippen molar-refractivity contribution in [2.75, 3.05) is 14.2 Å². The second-order valence-corrected chi connectivity index (χ2v) is 4.13. The molecule has 96 valence electrons. The Bertz CT molecular complexity index is 602. The molecule has 5 heteroatoms. The van der Waals surface area contributed by atoms with Gasteiger partial charge in [0.05, 0.1) is 26.2 Å². The van der Waals surface area contributed by atoms with E-state index < -0.39 is 0 Å². The quantitative estimate of drug-likeness (QED) is 0.884. The molecule has 0 aliphatic heterocycles. The minimum absolute atomic E-state index is 0.194. The molecule has 18 heavy (non-hydrogen) atoms. The number of hydrogen-bond donors (Lipinski definition) is 1. The van der Waals surface area contributed by atoms with Gasteiger partial charge in [0.1, 0.15) is 11.5 Å². The maximum Gasteiger partial charge on any atom is 0.221 e. The van der Waals surface area contributed by atoms with Crippen LogP contribution in [-0.2, 0) is 18.3 Å². The van der Waals surface area contributed by atoms with E-state index in [1.807, 2.05) is 23.9 Å². The first-order valence-electron chi connectivity index (χ1n) is 5.55. The van der Waals surface area contributed by atoms with Crippen LogP contribution >= 0.6 is 0 Å². The predicted octanol–water partition coefficient (Wildman–Crippen LogP) is 1.22. The number of fused-ring (bicyclic) bond motifs is 1. The van der Waals surface area contributed by atoms with Crippen molar-refractivity contribution in [3.05, 3.63) is 23.9 Å². The molecule has 0 radical (unpaired) electrons. The van der Waals surface area contributed by atoms with Crippen molar-refractivity contribution in [3.63, 3.8) is 0 Å². The van der Waals surface area contributed by atoms with Crippen LogP contribution in [-0.4, -0.2) is 24.7 Å². The predicted molar refractivity (Wildman–Crippen MR) is 68.9 cm³/mol. The number of carbonyl (C=O) groups excluding carboxylic acids is 1. The van der Waals surface area contributed by atoms with Crippen LogP contribution in [0.3, 0.4) is 0 Å². The van der Waals surface area contributed by atoms with E-state index in [-0.39, 0.29) is 12.3 Å². The number of primary amides is 1. The average Bonchev–Trinajstić information content (AvgIpc) is 2.64. The van der Waals surface area contributed by atoms with Gasteiger partial charge in [-0.3, -0.25) is 4.79 Å². The number of carbonyl (C=O) groups is 1. The smallest absolute Gasteiger partial charge is 0.221 e. The molecule has 5 nitrogen and oxygen atoms in total. The Kier molecular flexibility index (Phi) is 3.14. The molecule has 0 unspecified atom stereocenters. The summed E-state index contributed by atoms with van der Waals surface area (Å²) in [6, 6.07) is 3.70. The zero-order valence-corrected chi connectivity index (χ0v) is 10.7. The van der Waals surface area contributed by atoms with Crippen LogP contribution in [0.2, 0.25) is 0 Å². The van der Waals surface area contributed by atoms with Gasteiger partial charge >= 0.3 is 0 Å². The minimum Gasteiger partial charge on any atom is -0.497 e. The fourth-order valence-electron chi connectivity index (χ4n) is 2.15. The Morgan fingerprint density at radius 2 is 2.06 bits per heavy atom. The van der Waals surface area contributed by atoms with Gasteiger partial charge in [-0.1, -0.05) is 0 Å². The van der Waals surface area contributed by atoms with E-state index in [1.54, 1.807) is 20.3 Å². The van der Waals surface area contributed by atoms with Gasteiger partial charge in [0, 0.05) is 30.8 Å². The Balaban J connectivity index is 2.71. The summed E-state index contributed by atoms with van der Waals surface area (Å²) in [5.41, 5.74) is 7.07. The molecule has 0 atom stereocenters. The number of nitrogens with two attached hydrogens (primary N) is 1. The molecular formula is C13H16N2O3. The van der Waals surface area contributed by atoms with Crippen LogP contribution in [0, 0.1) is 0 Å². The number of rotatable bonds is 4. The van der Waals surface area contributed by atoms with E-state index >= 15 is 0 Å². The van der Waals surface area contributed by atoms with Gasteiger partial charge in [0.25, 0.3) is 0 Å². The van der Waals surface area contributed by atoms with Crippen molar-refractivity contribution in [3.8, 4) is 11.5 Å². The van der Waals surface area contributed by atoms with Crippen LogP contribution < -0.4 is 15.2 Å². The van der Waals surface area contributed by atoms with Crippen LogP contribution in [0.1, 0.15) is 5.56 Å². The molecule has 0 saturated carbocycles. The third kappa shape index (κ3) is 1.99. The van der Waals surface area contributed by atoms with Gasteiger partial charge in [0.2, 0.25) is 5.91 Å². The third-order valence-corrected chi connectivity index (χ3v) is 2.93. The van der Waals surface area contributed by atoms with E-state index in [1.165, 1.54) is 0 Å². The monoisotopic (exact) mass is 248 g/mol. The second kappa shape index (κ2) is 4.60. The molecule has 2 aromatic rings. The third-order valence-electron chi connectivity index (χ3n) is 2.93. The summed E-state index contributed by atoms with van der Waals surface area (Å²) < 4.78 is 12.5. The molecule has 0 bridgehead atoms. The lowest BCUT2D eigenvalue weighted by molar-refractivity contribution is -0.117. The fraction of sp³-hybridized carbons (Fsp3) is 0.308.